The van der Waals surface area contributed by atoms with E-state index in [9.17, 15) is 4.57 Å². The maximum Gasteiger partial charge on any atom is 0.100 e. The molecule has 0 aromatic carbocycles. The zero-order valence-corrected chi connectivity index (χ0v) is 7.31. The van der Waals surface area contributed by atoms with E-state index in [1.165, 1.54) is 0 Å². The van der Waals surface area contributed by atoms with Crippen LogP contribution >= 0.6 is 7.80 Å². The Kier molecular flexibility index (Phi) is 5.12. The fraction of sp³-hybridized carbons (Fsp3) is 1.00. The van der Waals surface area contributed by atoms with E-state index in [0.29, 0.717) is 6.35 Å². The lowest BCUT2D eigenvalue weighted by atomic mass is 10.5. The Hall–Kier alpha value is 0.190. The molecule has 2 nitrogen and oxygen atoms in total. The highest BCUT2D eigenvalue weighted by Crippen LogP contribution is 2.19. The van der Waals surface area contributed by atoms with Gasteiger partial charge in [-0.1, -0.05) is 6.92 Å². The van der Waals surface area contributed by atoms with Gasteiger partial charge in [0.1, 0.15) is 7.80 Å². The fourth-order valence-corrected chi connectivity index (χ4v) is 1.09. The standard InChI is InChI=1S/C6H15O2P/c1-4-9(7)5-8-6(2)3/h6,9H,4-5H2,1-3H3. The van der Waals surface area contributed by atoms with Gasteiger partial charge in [0.2, 0.25) is 0 Å². The van der Waals surface area contributed by atoms with Gasteiger partial charge in [0.05, 0.1) is 12.5 Å². The van der Waals surface area contributed by atoms with Gasteiger partial charge in [-0.2, -0.15) is 0 Å². The fourth-order valence-electron chi connectivity index (χ4n) is 0.362. The molecule has 0 spiro atoms. The van der Waals surface area contributed by atoms with Crippen molar-refractivity contribution in [3.8, 4) is 0 Å². The molecule has 0 aliphatic rings. The van der Waals surface area contributed by atoms with Gasteiger partial charge in [-0.3, -0.25) is 0 Å². The van der Waals surface area contributed by atoms with Crippen LogP contribution in [0.3, 0.4) is 0 Å². The molecule has 0 aromatic heterocycles. The monoisotopic (exact) mass is 150 g/mol. The number of rotatable bonds is 4. The second-order valence-corrected chi connectivity index (χ2v) is 4.33. The molecule has 0 N–H and O–H groups in total. The van der Waals surface area contributed by atoms with Crippen molar-refractivity contribution in [1.82, 2.24) is 0 Å². The van der Waals surface area contributed by atoms with Crippen LogP contribution in [0, 0.1) is 0 Å². The molecule has 0 heterocycles. The normalized spacial score (nSPS) is 14.2. The summed E-state index contributed by atoms with van der Waals surface area (Å²) in [4.78, 5) is 0. The minimum atomic E-state index is -1.40. The maximum atomic E-state index is 10.8. The largest absolute Gasteiger partial charge is 0.371 e. The van der Waals surface area contributed by atoms with E-state index >= 15 is 0 Å². The summed E-state index contributed by atoms with van der Waals surface area (Å²) < 4.78 is 15.9. The van der Waals surface area contributed by atoms with Crippen LogP contribution in [0.4, 0.5) is 0 Å². The third-order valence-corrected chi connectivity index (χ3v) is 2.25. The molecular formula is C6H15O2P. The lowest BCUT2D eigenvalue weighted by Gasteiger charge is -2.04. The first-order valence-electron chi connectivity index (χ1n) is 3.30. The summed E-state index contributed by atoms with van der Waals surface area (Å²) >= 11 is 0. The topological polar surface area (TPSA) is 26.3 Å². The van der Waals surface area contributed by atoms with E-state index in [4.69, 9.17) is 4.74 Å². The summed E-state index contributed by atoms with van der Waals surface area (Å²) in [6.07, 6.45) is 1.43. The van der Waals surface area contributed by atoms with Crippen LogP contribution in [0.1, 0.15) is 20.8 Å². The first-order valence-corrected chi connectivity index (χ1v) is 5.12. The third kappa shape index (κ3) is 6.07. The second-order valence-electron chi connectivity index (χ2n) is 2.25. The first-order chi connectivity index (χ1) is 4.16. The number of hydrogen-bond donors (Lipinski definition) is 0. The highest BCUT2D eigenvalue weighted by molar-refractivity contribution is 7.44. The highest BCUT2D eigenvalue weighted by Gasteiger charge is 1.96. The molecule has 0 aliphatic heterocycles. The third-order valence-electron chi connectivity index (χ3n) is 0.972. The molecule has 1 unspecified atom stereocenters. The lowest BCUT2D eigenvalue weighted by Crippen LogP contribution is -2.01. The minimum Gasteiger partial charge on any atom is -0.371 e. The Morgan fingerprint density at radius 3 is 2.44 bits per heavy atom. The average molecular weight is 150 g/mol. The molecule has 1 atom stereocenters. The molecule has 0 saturated carbocycles. The second kappa shape index (κ2) is 5.01. The van der Waals surface area contributed by atoms with Crippen molar-refractivity contribution in [3.05, 3.63) is 0 Å². The van der Waals surface area contributed by atoms with Crippen molar-refractivity contribution < 1.29 is 9.30 Å². The van der Waals surface area contributed by atoms with E-state index in [-0.39, 0.29) is 6.10 Å². The van der Waals surface area contributed by atoms with Crippen LogP contribution < -0.4 is 0 Å². The number of hydrogen-bond acceptors (Lipinski definition) is 2. The molecule has 0 aliphatic carbocycles. The zero-order chi connectivity index (χ0) is 7.28. The Bertz CT molecular complexity index is 91.1. The van der Waals surface area contributed by atoms with Gasteiger partial charge < -0.3 is 9.30 Å². The van der Waals surface area contributed by atoms with E-state index < -0.39 is 7.80 Å². The van der Waals surface area contributed by atoms with Crippen molar-refractivity contribution in [1.29, 1.82) is 0 Å². The molecule has 0 fully saturated rings. The van der Waals surface area contributed by atoms with Crippen molar-refractivity contribution in [2.24, 2.45) is 0 Å². The van der Waals surface area contributed by atoms with E-state index in [1.807, 2.05) is 20.8 Å². The molecule has 9 heavy (non-hydrogen) atoms. The van der Waals surface area contributed by atoms with Crippen LogP contribution in [0.2, 0.25) is 0 Å². The van der Waals surface area contributed by atoms with Crippen molar-refractivity contribution in [3.63, 3.8) is 0 Å². The molecule has 0 bridgehead atoms. The molecule has 0 saturated heterocycles. The quantitative estimate of drug-likeness (QED) is 0.572. The number of ether oxygens (including phenoxy) is 1. The molecule has 3 heteroatoms. The molecule has 0 rings (SSSR count). The van der Waals surface area contributed by atoms with Crippen LogP contribution in [-0.2, 0) is 9.30 Å². The van der Waals surface area contributed by atoms with Crippen LogP contribution in [-0.4, -0.2) is 18.6 Å². The Morgan fingerprint density at radius 1 is 1.56 bits per heavy atom. The predicted molar refractivity (Wildman–Crippen MR) is 40.6 cm³/mol. The first kappa shape index (κ1) is 9.19. The van der Waals surface area contributed by atoms with E-state index in [0.717, 1.165) is 6.16 Å². The van der Waals surface area contributed by atoms with Gasteiger partial charge in [-0.25, -0.2) is 0 Å². The SMILES string of the molecule is CC[PH](=O)COC(C)C. The van der Waals surface area contributed by atoms with Gasteiger partial charge in [0.15, 0.2) is 0 Å². The van der Waals surface area contributed by atoms with Crippen molar-refractivity contribution in [2.75, 3.05) is 12.5 Å². The van der Waals surface area contributed by atoms with Crippen molar-refractivity contribution in [2.45, 2.75) is 26.9 Å². The lowest BCUT2D eigenvalue weighted by molar-refractivity contribution is 0.116. The summed E-state index contributed by atoms with van der Waals surface area (Å²) in [7, 11) is -1.40. The van der Waals surface area contributed by atoms with Crippen LogP contribution in [0.5, 0.6) is 0 Å². The van der Waals surface area contributed by atoms with Crippen LogP contribution in [0.15, 0.2) is 0 Å². The average Bonchev–Trinajstić information content (AvgIpc) is 1.83. The Morgan fingerprint density at radius 2 is 2.11 bits per heavy atom. The highest BCUT2D eigenvalue weighted by atomic mass is 31.1. The summed E-state index contributed by atoms with van der Waals surface area (Å²) in [5.74, 6) is 0. The molecule has 0 radical (unpaired) electrons. The van der Waals surface area contributed by atoms with Gasteiger partial charge in [0, 0.05) is 0 Å². The Labute approximate surface area is 57.4 Å². The summed E-state index contributed by atoms with van der Waals surface area (Å²) in [6.45, 7) is 5.82. The Balaban J connectivity index is 3.17. The van der Waals surface area contributed by atoms with E-state index in [2.05, 4.69) is 0 Å². The van der Waals surface area contributed by atoms with E-state index in [1.54, 1.807) is 0 Å². The molecule has 0 amide bonds. The van der Waals surface area contributed by atoms with Crippen molar-refractivity contribution >= 4 is 7.80 Å². The van der Waals surface area contributed by atoms with Gasteiger partial charge >= 0.3 is 0 Å². The summed E-state index contributed by atoms with van der Waals surface area (Å²) in [5, 5.41) is 0. The maximum absolute atomic E-state index is 10.8. The smallest absolute Gasteiger partial charge is 0.100 e. The van der Waals surface area contributed by atoms with Gasteiger partial charge in [-0.05, 0) is 20.0 Å². The minimum absolute atomic E-state index is 0.213. The van der Waals surface area contributed by atoms with Crippen LogP contribution in [0.25, 0.3) is 0 Å². The summed E-state index contributed by atoms with van der Waals surface area (Å²) in [5.41, 5.74) is 0. The molecule has 56 valence electrons. The summed E-state index contributed by atoms with van der Waals surface area (Å²) in [6, 6.07) is 0. The zero-order valence-electron chi connectivity index (χ0n) is 6.31. The molecule has 0 aromatic rings. The molecular weight excluding hydrogens is 135 g/mol. The predicted octanol–water partition coefficient (Wildman–Crippen LogP) is 1.95. The van der Waals surface area contributed by atoms with Gasteiger partial charge in [0.25, 0.3) is 0 Å². The van der Waals surface area contributed by atoms with Gasteiger partial charge in [-0.15, -0.1) is 0 Å².